The van der Waals surface area contributed by atoms with E-state index in [9.17, 15) is 19.8 Å². The van der Waals surface area contributed by atoms with E-state index < -0.39 is 17.9 Å². The Morgan fingerprint density at radius 1 is 1.16 bits per heavy atom. The van der Waals surface area contributed by atoms with Gasteiger partial charge in [0.2, 0.25) is 0 Å². The molecule has 102 valence electrons. The molecule has 2 N–H and O–H groups in total. The van der Waals surface area contributed by atoms with Gasteiger partial charge < -0.3 is 10.2 Å². The van der Waals surface area contributed by atoms with Gasteiger partial charge in [0.1, 0.15) is 0 Å². The van der Waals surface area contributed by atoms with E-state index >= 15 is 0 Å². The van der Waals surface area contributed by atoms with Crippen LogP contribution in [0.5, 0.6) is 0 Å². The summed E-state index contributed by atoms with van der Waals surface area (Å²) >= 11 is 0. The van der Waals surface area contributed by atoms with Gasteiger partial charge in [0.05, 0.1) is 5.92 Å². The Kier molecular flexibility index (Phi) is 5.30. The Balaban J connectivity index is 3.05. The van der Waals surface area contributed by atoms with Gasteiger partial charge >= 0.3 is 11.9 Å². The molecule has 0 radical (unpaired) electrons. The van der Waals surface area contributed by atoms with E-state index in [1.807, 2.05) is 19.9 Å². The number of allylic oxidation sites excluding steroid dienone is 1. The van der Waals surface area contributed by atoms with Gasteiger partial charge in [-0.15, -0.1) is 0 Å². The van der Waals surface area contributed by atoms with Crippen LogP contribution in [0.3, 0.4) is 0 Å². The first-order chi connectivity index (χ1) is 8.91. The van der Waals surface area contributed by atoms with Crippen molar-refractivity contribution in [1.82, 2.24) is 0 Å². The minimum Gasteiger partial charge on any atom is -0.481 e. The Hall–Kier alpha value is -2.10. The van der Waals surface area contributed by atoms with Crippen LogP contribution in [0.2, 0.25) is 0 Å². The maximum Gasteiger partial charge on any atom is 0.332 e. The van der Waals surface area contributed by atoms with Crippen molar-refractivity contribution in [1.29, 1.82) is 0 Å². The van der Waals surface area contributed by atoms with E-state index in [0.717, 1.165) is 5.56 Å². The Labute approximate surface area is 112 Å². The molecule has 1 aromatic rings. The molecule has 4 nitrogen and oxygen atoms in total. The quantitative estimate of drug-likeness (QED) is 0.773. The lowest BCUT2D eigenvalue weighted by atomic mass is 9.90. The molecule has 0 aliphatic rings. The summed E-state index contributed by atoms with van der Waals surface area (Å²) in [4.78, 5) is 22.6. The summed E-state index contributed by atoms with van der Waals surface area (Å²) in [5.74, 6) is -3.32. The van der Waals surface area contributed by atoms with Gasteiger partial charge in [0, 0.05) is 5.57 Å². The molecule has 1 aromatic carbocycles. The number of benzene rings is 1. The molecular weight excluding hydrogens is 244 g/mol. The fourth-order valence-corrected chi connectivity index (χ4v) is 1.88. The van der Waals surface area contributed by atoms with E-state index in [2.05, 4.69) is 0 Å². The summed E-state index contributed by atoms with van der Waals surface area (Å²) in [6.45, 7) is 3.65. The molecule has 0 heterocycles. The number of carboxylic acid groups (broad SMARTS) is 2. The third-order valence-electron chi connectivity index (χ3n) is 2.72. The molecule has 0 saturated carbocycles. The maximum atomic E-state index is 11.3. The topological polar surface area (TPSA) is 74.6 Å². The third-order valence-corrected chi connectivity index (χ3v) is 2.72. The first-order valence-electron chi connectivity index (χ1n) is 6.13. The van der Waals surface area contributed by atoms with Crippen LogP contribution in [-0.4, -0.2) is 22.2 Å². The molecule has 0 amide bonds. The zero-order chi connectivity index (χ0) is 14.4. The zero-order valence-electron chi connectivity index (χ0n) is 11.0. The van der Waals surface area contributed by atoms with Crippen molar-refractivity contribution >= 4 is 11.9 Å². The van der Waals surface area contributed by atoms with E-state index in [1.54, 1.807) is 24.3 Å². The monoisotopic (exact) mass is 262 g/mol. The molecule has 1 unspecified atom stereocenters. The van der Waals surface area contributed by atoms with Crippen LogP contribution < -0.4 is 0 Å². The van der Waals surface area contributed by atoms with Gasteiger partial charge in [-0.05, 0) is 17.9 Å². The molecule has 0 spiro atoms. The third kappa shape index (κ3) is 4.58. The van der Waals surface area contributed by atoms with Gasteiger partial charge in [-0.2, -0.15) is 0 Å². The minimum atomic E-state index is -1.17. The largest absolute Gasteiger partial charge is 0.481 e. The predicted molar refractivity (Wildman–Crippen MR) is 71.8 cm³/mol. The summed E-state index contributed by atoms with van der Waals surface area (Å²) in [6.07, 6.45) is 1.69. The molecule has 1 atom stereocenters. The standard InChI is InChI=1S/C15H18O4/c1-10(2)8-12(14(16)17)13(15(18)19)9-11-6-4-3-5-7-11/h3-8,10,13H,9H2,1-2H3,(H,16,17)(H,18,19). The molecule has 0 aliphatic carbocycles. The maximum absolute atomic E-state index is 11.3. The van der Waals surface area contributed by atoms with Crippen molar-refractivity contribution in [3.8, 4) is 0 Å². The lowest BCUT2D eigenvalue weighted by molar-refractivity contribution is -0.143. The van der Waals surface area contributed by atoms with Crippen molar-refractivity contribution in [2.24, 2.45) is 11.8 Å². The molecule has 0 aromatic heterocycles. The fourth-order valence-electron chi connectivity index (χ4n) is 1.88. The number of rotatable bonds is 6. The summed E-state index contributed by atoms with van der Waals surface area (Å²) < 4.78 is 0. The SMILES string of the molecule is CC(C)C=C(C(=O)O)C(Cc1ccccc1)C(=O)O. The summed E-state index contributed by atoms with van der Waals surface area (Å²) in [5.41, 5.74) is 0.761. The van der Waals surface area contributed by atoms with Crippen molar-refractivity contribution in [2.75, 3.05) is 0 Å². The highest BCUT2D eigenvalue weighted by atomic mass is 16.4. The van der Waals surface area contributed by atoms with E-state index in [0.29, 0.717) is 0 Å². The molecule has 4 heteroatoms. The van der Waals surface area contributed by atoms with E-state index in [1.165, 1.54) is 6.08 Å². The number of carboxylic acids is 2. The fraction of sp³-hybridized carbons (Fsp3) is 0.333. The van der Waals surface area contributed by atoms with Crippen LogP contribution in [0.25, 0.3) is 0 Å². The molecule has 1 rings (SSSR count). The van der Waals surface area contributed by atoms with Gasteiger partial charge in [-0.3, -0.25) is 4.79 Å². The van der Waals surface area contributed by atoms with Crippen LogP contribution in [0.4, 0.5) is 0 Å². The number of carbonyl (C=O) groups is 2. The van der Waals surface area contributed by atoms with Crippen LogP contribution >= 0.6 is 0 Å². The minimum absolute atomic E-state index is 0.0104. The van der Waals surface area contributed by atoms with Crippen molar-refractivity contribution < 1.29 is 19.8 Å². The summed E-state index contributed by atoms with van der Waals surface area (Å²) in [5, 5.41) is 18.5. The Morgan fingerprint density at radius 3 is 2.16 bits per heavy atom. The van der Waals surface area contributed by atoms with Crippen LogP contribution in [-0.2, 0) is 16.0 Å². The van der Waals surface area contributed by atoms with Crippen molar-refractivity contribution in [3.63, 3.8) is 0 Å². The second-order valence-electron chi connectivity index (χ2n) is 4.75. The molecule has 0 saturated heterocycles. The second kappa shape index (κ2) is 6.73. The number of aliphatic carboxylic acids is 2. The highest BCUT2D eigenvalue weighted by molar-refractivity contribution is 5.94. The van der Waals surface area contributed by atoms with Gasteiger partial charge in [0.25, 0.3) is 0 Å². The van der Waals surface area contributed by atoms with E-state index in [4.69, 9.17) is 0 Å². The molecule has 0 bridgehead atoms. The first-order valence-corrected chi connectivity index (χ1v) is 6.13. The van der Waals surface area contributed by atoms with Gasteiger partial charge in [-0.25, -0.2) is 4.79 Å². The normalized spacial score (nSPS) is 13.3. The molecule has 19 heavy (non-hydrogen) atoms. The lowest BCUT2D eigenvalue weighted by Gasteiger charge is -2.14. The predicted octanol–water partition coefficient (Wildman–Crippen LogP) is 2.60. The molecule has 0 fully saturated rings. The first kappa shape index (κ1) is 15.0. The van der Waals surface area contributed by atoms with Crippen LogP contribution in [0, 0.1) is 11.8 Å². The average Bonchev–Trinajstić information content (AvgIpc) is 2.34. The second-order valence-corrected chi connectivity index (χ2v) is 4.75. The van der Waals surface area contributed by atoms with Crippen LogP contribution in [0.15, 0.2) is 42.0 Å². The zero-order valence-corrected chi connectivity index (χ0v) is 11.0. The van der Waals surface area contributed by atoms with Crippen LogP contribution in [0.1, 0.15) is 19.4 Å². The highest BCUT2D eigenvalue weighted by Gasteiger charge is 2.27. The highest BCUT2D eigenvalue weighted by Crippen LogP contribution is 2.20. The van der Waals surface area contributed by atoms with Crippen molar-refractivity contribution in [3.05, 3.63) is 47.5 Å². The van der Waals surface area contributed by atoms with Gasteiger partial charge in [-0.1, -0.05) is 50.3 Å². The average molecular weight is 262 g/mol. The Bertz CT molecular complexity index is 474. The smallest absolute Gasteiger partial charge is 0.332 e. The molecular formula is C15H18O4. The number of hydrogen-bond donors (Lipinski definition) is 2. The number of hydrogen-bond acceptors (Lipinski definition) is 2. The van der Waals surface area contributed by atoms with Gasteiger partial charge in [0.15, 0.2) is 0 Å². The van der Waals surface area contributed by atoms with E-state index in [-0.39, 0.29) is 17.9 Å². The van der Waals surface area contributed by atoms with Crippen molar-refractivity contribution in [2.45, 2.75) is 20.3 Å². The summed E-state index contributed by atoms with van der Waals surface area (Å²) in [7, 11) is 0. The lowest BCUT2D eigenvalue weighted by Crippen LogP contribution is -2.24. The summed E-state index contributed by atoms with van der Waals surface area (Å²) in [6, 6.07) is 9.04. The molecule has 0 aliphatic heterocycles. The Morgan fingerprint density at radius 2 is 1.74 bits per heavy atom.